The number of hydrogen-bond acceptors (Lipinski definition) is 2. The van der Waals surface area contributed by atoms with E-state index in [4.69, 9.17) is 5.14 Å². The maximum Gasteiger partial charge on any atom is 0.238 e. The van der Waals surface area contributed by atoms with E-state index in [1.165, 1.54) is 16.7 Å². The maximum absolute atomic E-state index is 12.3. The Hall–Kier alpha value is -2.17. The molecule has 0 spiro atoms. The smallest absolute Gasteiger partial charge is 0.225 e. The minimum absolute atomic E-state index is 0.173. The second-order valence-electron chi connectivity index (χ2n) is 7.75. The lowest BCUT2D eigenvalue weighted by molar-refractivity contribution is 0.598. The molecule has 2 aromatic rings. The van der Waals surface area contributed by atoms with E-state index in [9.17, 15) is 8.42 Å². The normalized spacial score (nSPS) is 17.4. The Morgan fingerprint density at radius 1 is 0.889 bits per heavy atom. The van der Waals surface area contributed by atoms with Gasteiger partial charge in [-0.05, 0) is 74.4 Å². The van der Waals surface area contributed by atoms with Crippen molar-refractivity contribution in [2.45, 2.75) is 46.4 Å². The van der Waals surface area contributed by atoms with Gasteiger partial charge in [-0.25, -0.2) is 13.6 Å². The molecular formula is C23H27NO2S. The molecule has 0 radical (unpaired) electrons. The quantitative estimate of drug-likeness (QED) is 0.784. The van der Waals surface area contributed by atoms with E-state index in [1.54, 1.807) is 12.1 Å². The fourth-order valence-corrected chi connectivity index (χ4v) is 4.88. The molecule has 1 atom stereocenters. The summed E-state index contributed by atoms with van der Waals surface area (Å²) in [6, 6.07) is 9.59. The third-order valence-corrected chi connectivity index (χ3v) is 6.40. The number of primary sulfonamides is 1. The number of benzene rings is 2. The molecule has 0 bridgehead atoms. The van der Waals surface area contributed by atoms with Crippen molar-refractivity contribution in [3.8, 4) is 11.1 Å². The Bertz CT molecular complexity index is 1110. The molecule has 1 unspecified atom stereocenters. The molecule has 2 N–H and O–H groups in total. The molecule has 1 aliphatic carbocycles. The number of rotatable bonds is 3. The van der Waals surface area contributed by atoms with Crippen LogP contribution < -0.4 is 5.14 Å². The summed E-state index contributed by atoms with van der Waals surface area (Å²) in [6.45, 7) is 12.5. The van der Waals surface area contributed by atoms with E-state index < -0.39 is 10.0 Å². The van der Waals surface area contributed by atoms with Crippen molar-refractivity contribution in [3.05, 3.63) is 69.8 Å². The molecule has 142 valence electrons. The lowest BCUT2D eigenvalue weighted by Crippen LogP contribution is -2.14. The van der Waals surface area contributed by atoms with Crippen LogP contribution in [0.25, 0.3) is 16.7 Å². The Balaban J connectivity index is 2.45. The van der Waals surface area contributed by atoms with Gasteiger partial charge < -0.3 is 0 Å². The van der Waals surface area contributed by atoms with E-state index in [0.29, 0.717) is 11.5 Å². The third-order valence-electron chi connectivity index (χ3n) is 5.43. The minimum Gasteiger partial charge on any atom is -0.225 e. The summed E-state index contributed by atoms with van der Waals surface area (Å²) in [4.78, 5) is 0.173. The number of allylic oxidation sites excluding steroid dienone is 4. The van der Waals surface area contributed by atoms with E-state index in [1.807, 2.05) is 19.9 Å². The zero-order chi connectivity index (χ0) is 20.1. The van der Waals surface area contributed by atoms with Crippen LogP contribution in [0, 0.1) is 26.7 Å². The molecule has 0 saturated heterocycles. The van der Waals surface area contributed by atoms with Crippen molar-refractivity contribution in [3.63, 3.8) is 0 Å². The van der Waals surface area contributed by atoms with Crippen molar-refractivity contribution in [1.82, 2.24) is 0 Å². The van der Waals surface area contributed by atoms with E-state index >= 15 is 0 Å². The molecule has 27 heavy (non-hydrogen) atoms. The summed E-state index contributed by atoms with van der Waals surface area (Å²) < 4.78 is 24.6. The van der Waals surface area contributed by atoms with Gasteiger partial charge in [0.2, 0.25) is 10.0 Å². The van der Waals surface area contributed by atoms with Crippen LogP contribution in [-0.2, 0) is 10.0 Å². The van der Waals surface area contributed by atoms with Crippen molar-refractivity contribution in [2.24, 2.45) is 11.1 Å². The van der Waals surface area contributed by atoms with Gasteiger partial charge in [0.1, 0.15) is 0 Å². The van der Waals surface area contributed by atoms with Crippen LogP contribution in [0.4, 0.5) is 0 Å². The van der Waals surface area contributed by atoms with E-state index in [0.717, 1.165) is 27.8 Å². The summed E-state index contributed by atoms with van der Waals surface area (Å²) in [5, 5.41) is 5.55. The monoisotopic (exact) mass is 381 g/mol. The standard InChI is InChI=1S/C23H27NO2S/c1-13-7-8-21(27(24,25)26)19(10-13)23-16(4)9-14(2)11-20(23)22-17(5)12-15(3)18(22)6/h7-12,15H,1-6H3,(H2,24,25,26). The Labute approximate surface area is 162 Å². The first-order valence-corrected chi connectivity index (χ1v) is 10.7. The van der Waals surface area contributed by atoms with Crippen molar-refractivity contribution in [1.29, 1.82) is 0 Å². The van der Waals surface area contributed by atoms with Crippen LogP contribution in [0.5, 0.6) is 0 Å². The van der Waals surface area contributed by atoms with Gasteiger partial charge in [0.15, 0.2) is 0 Å². The molecule has 0 aliphatic heterocycles. The largest absolute Gasteiger partial charge is 0.238 e. The molecule has 0 heterocycles. The molecule has 0 amide bonds. The summed E-state index contributed by atoms with van der Waals surface area (Å²) >= 11 is 0. The first-order valence-electron chi connectivity index (χ1n) is 9.15. The fraction of sp³-hybridized carbons (Fsp3) is 0.304. The third kappa shape index (κ3) is 3.52. The topological polar surface area (TPSA) is 60.2 Å². The molecule has 0 fully saturated rings. The van der Waals surface area contributed by atoms with Gasteiger partial charge in [-0.1, -0.05) is 54.0 Å². The molecule has 3 nitrogen and oxygen atoms in total. The summed E-state index contributed by atoms with van der Waals surface area (Å²) in [5.74, 6) is 0.379. The molecular weight excluding hydrogens is 354 g/mol. The SMILES string of the molecule is CC1=CC(C)C(C)=C1c1cc(C)cc(C)c1-c1cc(C)ccc1S(N)(=O)=O. The number of nitrogens with two attached hydrogens (primary N) is 1. The first-order chi connectivity index (χ1) is 12.5. The Kier molecular flexibility index (Phi) is 4.91. The van der Waals surface area contributed by atoms with Gasteiger partial charge in [-0.2, -0.15) is 0 Å². The molecule has 4 heteroatoms. The highest BCUT2D eigenvalue weighted by Crippen LogP contribution is 2.44. The van der Waals surface area contributed by atoms with Crippen molar-refractivity contribution < 1.29 is 8.42 Å². The predicted molar refractivity (Wildman–Crippen MR) is 113 cm³/mol. The highest BCUT2D eigenvalue weighted by molar-refractivity contribution is 7.89. The van der Waals surface area contributed by atoms with Gasteiger partial charge in [0, 0.05) is 5.56 Å². The maximum atomic E-state index is 12.3. The summed E-state index contributed by atoms with van der Waals surface area (Å²) in [5.41, 5.74) is 9.67. The van der Waals surface area contributed by atoms with Gasteiger partial charge in [-0.15, -0.1) is 0 Å². The average molecular weight is 382 g/mol. The van der Waals surface area contributed by atoms with Gasteiger partial charge in [0.25, 0.3) is 0 Å². The lowest BCUT2D eigenvalue weighted by Gasteiger charge is -2.20. The molecule has 2 aromatic carbocycles. The van der Waals surface area contributed by atoms with Crippen LogP contribution >= 0.6 is 0 Å². The zero-order valence-electron chi connectivity index (χ0n) is 16.8. The second-order valence-corrected chi connectivity index (χ2v) is 9.28. The van der Waals surface area contributed by atoms with Crippen LogP contribution in [0.15, 0.2) is 52.4 Å². The second kappa shape index (κ2) is 6.77. The lowest BCUT2D eigenvalue weighted by atomic mass is 9.86. The summed E-state index contributed by atoms with van der Waals surface area (Å²) in [6.07, 6.45) is 2.27. The van der Waals surface area contributed by atoms with Crippen LogP contribution in [0.2, 0.25) is 0 Å². The Morgan fingerprint density at radius 3 is 2.07 bits per heavy atom. The number of aryl methyl sites for hydroxylation is 3. The first kappa shape index (κ1) is 19.6. The average Bonchev–Trinajstić information content (AvgIpc) is 2.77. The minimum atomic E-state index is -3.83. The molecule has 3 rings (SSSR count). The van der Waals surface area contributed by atoms with Crippen molar-refractivity contribution in [2.75, 3.05) is 0 Å². The van der Waals surface area contributed by atoms with Gasteiger partial charge in [-0.3, -0.25) is 0 Å². The van der Waals surface area contributed by atoms with E-state index in [-0.39, 0.29) is 4.90 Å². The van der Waals surface area contributed by atoms with Crippen LogP contribution in [0.3, 0.4) is 0 Å². The van der Waals surface area contributed by atoms with E-state index in [2.05, 4.69) is 45.9 Å². The van der Waals surface area contributed by atoms with Crippen molar-refractivity contribution >= 4 is 15.6 Å². The van der Waals surface area contributed by atoms with Crippen LogP contribution in [-0.4, -0.2) is 8.42 Å². The fourth-order valence-electron chi connectivity index (χ4n) is 4.16. The highest BCUT2D eigenvalue weighted by Gasteiger charge is 2.25. The molecule has 0 saturated carbocycles. The highest BCUT2D eigenvalue weighted by atomic mass is 32.2. The number of hydrogen-bond donors (Lipinski definition) is 1. The number of sulfonamides is 1. The molecule has 1 aliphatic rings. The molecule has 0 aromatic heterocycles. The predicted octanol–water partition coefficient (Wildman–Crippen LogP) is 5.30. The summed E-state index contributed by atoms with van der Waals surface area (Å²) in [7, 11) is -3.83. The van der Waals surface area contributed by atoms with Crippen LogP contribution in [0.1, 0.15) is 43.0 Å². The van der Waals surface area contributed by atoms with Gasteiger partial charge >= 0.3 is 0 Å². The Morgan fingerprint density at radius 2 is 1.52 bits per heavy atom. The zero-order valence-corrected chi connectivity index (χ0v) is 17.7. The van der Waals surface area contributed by atoms with Gasteiger partial charge in [0.05, 0.1) is 4.90 Å².